The maximum absolute atomic E-state index is 10.4. The van der Waals surface area contributed by atoms with Crippen LogP contribution in [-0.2, 0) is 6.42 Å². The van der Waals surface area contributed by atoms with E-state index in [1.807, 2.05) is 35.4 Å². The first-order valence-corrected chi connectivity index (χ1v) is 6.88. The fourth-order valence-corrected chi connectivity index (χ4v) is 2.65. The number of hydrogen-bond donors (Lipinski definition) is 1. The van der Waals surface area contributed by atoms with E-state index in [1.54, 1.807) is 24.6 Å². The van der Waals surface area contributed by atoms with Crippen molar-refractivity contribution >= 4 is 11.3 Å². The number of thiophene rings is 1. The van der Waals surface area contributed by atoms with Crippen molar-refractivity contribution < 1.29 is 9.84 Å². The third kappa shape index (κ3) is 2.57. The molecule has 2 rings (SSSR count). The van der Waals surface area contributed by atoms with E-state index in [9.17, 15) is 5.11 Å². The normalized spacial score (nSPS) is 12.9. The molecule has 0 saturated carbocycles. The minimum atomic E-state index is -0.598. The summed E-state index contributed by atoms with van der Waals surface area (Å²) in [7, 11) is 1.60. The lowest BCUT2D eigenvalue weighted by molar-refractivity contribution is 0.160. The largest absolute Gasteiger partial charge is 0.493 e. The number of rotatable bonds is 5. The first kappa shape index (κ1) is 13.1. The summed E-state index contributed by atoms with van der Waals surface area (Å²) in [6, 6.07) is 2.22. The van der Waals surface area contributed by atoms with Crippen LogP contribution in [0.3, 0.4) is 0 Å². The Bertz CT molecular complexity index is 491. The SMILES string of the molecule is COc1cnn(C(C)C)c1C(O)Cc1ccsc1. The van der Waals surface area contributed by atoms with Crippen LogP contribution in [0.1, 0.15) is 37.3 Å². The molecule has 0 spiro atoms. The fraction of sp³-hybridized carbons (Fsp3) is 0.462. The number of aliphatic hydroxyl groups is 1. The standard InChI is InChI=1S/C13H18N2O2S/c1-9(2)15-13(12(17-3)7-14-15)11(16)6-10-4-5-18-8-10/h4-5,7-9,11,16H,6H2,1-3H3. The number of ether oxygens (including phenoxy) is 1. The predicted molar refractivity (Wildman–Crippen MR) is 72.1 cm³/mol. The molecule has 0 aliphatic carbocycles. The van der Waals surface area contributed by atoms with E-state index in [0.29, 0.717) is 12.2 Å². The Kier molecular flexibility index (Phi) is 4.04. The Labute approximate surface area is 111 Å². The predicted octanol–water partition coefficient (Wildman–Crippen LogP) is 2.81. The van der Waals surface area contributed by atoms with Crippen LogP contribution in [0.2, 0.25) is 0 Å². The summed E-state index contributed by atoms with van der Waals surface area (Å²) in [5.41, 5.74) is 1.88. The number of hydrogen-bond acceptors (Lipinski definition) is 4. The summed E-state index contributed by atoms with van der Waals surface area (Å²) < 4.78 is 7.09. The molecule has 4 nitrogen and oxygen atoms in total. The zero-order valence-corrected chi connectivity index (χ0v) is 11.6. The van der Waals surface area contributed by atoms with Gasteiger partial charge in [0.1, 0.15) is 11.8 Å². The van der Waals surface area contributed by atoms with Crippen molar-refractivity contribution in [3.8, 4) is 5.75 Å². The molecular weight excluding hydrogens is 248 g/mol. The van der Waals surface area contributed by atoms with Gasteiger partial charge in [-0.2, -0.15) is 16.4 Å². The molecule has 5 heteroatoms. The molecule has 98 valence electrons. The van der Waals surface area contributed by atoms with Crippen LogP contribution in [0.4, 0.5) is 0 Å². The van der Waals surface area contributed by atoms with Crippen molar-refractivity contribution in [3.05, 3.63) is 34.3 Å². The van der Waals surface area contributed by atoms with E-state index in [-0.39, 0.29) is 6.04 Å². The van der Waals surface area contributed by atoms with Crippen molar-refractivity contribution in [2.45, 2.75) is 32.4 Å². The molecule has 0 saturated heterocycles. The average Bonchev–Trinajstić information content (AvgIpc) is 2.95. The van der Waals surface area contributed by atoms with Gasteiger partial charge in [0.25, 0.3) is 0 Å². The monoisotopic (exact) mass is 266 g/mol. The van der Waals surface area contributed by atoms with Crippen LogP contribution >= 0.6 is 11.3 Å². The second-order valence-electron chi connectivity index (χ2n) is 4.49. The molecule has 2 heterocycles. The van der Waals surface area contributed by atoms with Gasteiger partial charge in [0.15, 0.2) is 5.75 Å². The average molecular weight is 266 g/mol. The fourth-order valence-electron chi connectivity index (χ4n) is 1.97. The maximum Gasteiger partial charge on any atom is 0.162 e. The smallest absolute Gasteiger partial charge is 0.162 e. The Morgan fingerprint density at radius 1 is 1.50 bits per heavy atom. The van der Waals surface area contributed by atoms with Crippen molar-refractivity contribution in [2.24, 2.45) is 0 Å². The number of methoxy groups -OCH3 is 1. The Hall–Kier alpha value is -1.33. The van der Waals surface area contributed by atoms with Gasteiger partial charge in [-0.25, -0.2) is 0 Å². The molecule has 0 amide bonds. The lowest BCUT2D eigenvalue weighted by atomic mass is 10.1. The third-order valence-corrected chi connectivity index (χ3v) is 3.56. The lowest BCUT2D eigenvalue weighted by Gasteiger charge is -2.16. The van der Waals surface area contributed by atoms with Crippen LogP contribution in [0.25, 0.3) is 0 Å². The highest BCUT2D eigenvalue weighted by Crippen LogP contribution is 2.29. The third-order valence-electron chi connectivity index (χ3n) is 2.83. The molecule has 0 aromatic carbocycles. The molecule has 0 bridgehead atoms. The van der Waals surface area contributed by atoms with Gasteiger partial charge in [-0.15, -0.1) is 0 Å². The van der Waals surface area contributed by atoms with Crippen LogP contribution in [0, 0.1) is 0 Å². The summed E-state index contributed by atoms with van der Waals surface area (Å²) in [5, 5.41) is 18.7. The Balaban J connectivity index is 2.27. The minimum Gasteiger partial charge on any atom is -0.493 e. The second-order valence-corrected chi connectivity index (χ2v) is 5.27. The first-order chi connectivity index (χ1) is 8.63. The van der Waals surface area contributed by atoms with Gasteiger partial charge in [-0.05, 0) is 36.2 Å². The Morgan fingerprint density at radius 2 is 2.28 bits per heavy atom. The van der Waals surface area contributed by atoms with Gasteiger partial charge in [0.2, 0.25) is 0 Å². The second kappa shape index (κ2) is 5.54. The molecule has 2 aromatic rings. The van der Waals surface area contributed by atoms with Gasteiger partial charge >= 0.3 is 0 Å². The maximum atomic E-state index is 10.4. The van der Waals surface area contributed by atoms with E-state index >= 15 is 0 Å². The molecule has 0 fully saturated rings. The van der Waals surface area contributed by atoms with E-state index in [4.69, 9.17) is 4.74 Å². The zero-order valence-electron chi connectivity index (χ0n) is 10.8. The van der Waals surface area contributed by atoms with Crippen molar-refractivity contribution in [1.29, 1.82) is 0 Å². The molecule has 0 aliphatic heterocycles. The number of aliphatic hydroxyl groups excluding tert-OH is 1. The van der Waals surface area contributed by atoms with E-state index < -0.39 is 6.10 Å². The van der Waals surface area contributed by atoms with E-state index in [1.165, 1.54) is 0 Å². The quantitative estimate of drug-likeness (QED) is 0.905. The molecular formula is C13H18N2O2S. The van der Waals surface area contributed by atoms with Crippen molar-refractivity contribution in [2.75, 3.05) is 7.11 Å². The summed E-state index contributed by atoms with van der Waals surface area (Å²) in [5.74, 6) is 0.645. The van der Waals surface area contributed by atoms with Crippen LogP contribution in [0.15, 0.2) is 23.0 Å². The highest BCUT2D eigenvalue weighted by molar-refractivity contribution is 7.07. The molecule has 18 heavy (non-hydrogen) atoms. The van der Waals surface area contributed by atoms with Gasteiger partial charge in [-0.3, -0.25) is 4.68 Å². The van der Waals surface area contributed by atoms with Crippen molar-refractivity contribution in [1.82, 2.24) is 9.78 Å². The molecule has 1 atom stereocenters. The molecule has 1 unspecified atom stereocenters. The number of aromatic nitrogens is 2. The van der Waals surface area contributed by atoms with Crippen LogP contribution in [-0.4, -0.2) is 22.0 Å². The lowest BCUT2D eigenvalue weighted by Crippen LogP contribution is -2.13. The van der Waals surface area contributed by atoms with Gasteiger partial charge in [-0.1, -0.05) is 0 Å². The van der Waals surface area contributed by atoms with Gasteiger partial charge in [0, 0.05) is 12.5 Å². The number of nitrogens with zero attached hydrogens (tertiary/aromatic N) is 2. The zero-order chi connectivity index (χ0) is 13.1. The summed E-state index contributed by atoms with van der Waals surface area (Å²) >= 11 is 1.63. The van der Waals surface area contributed by atoms with E-state index in [0.717, 1.165) is 11.3 Å². The van der Waals surface area contributed by atoms with Crippen molar-refractivity contribution in [3.63, 3.8) is 0 Å². The Morgan fingerprint density at radius 3 is 2.83 bits per heavy atom. The summed E-state index contributed by atoms with van der Waals surface area (Å²) in [4.78, 5) is 0. The van der Waals surface area contributed by atoms with Gasteiger partial charge in [0.05, 0.1) is 13.3 Å². The highest BCUT2D eigenvalue weighted by atomic mass is 32.1. The molecule has 0 radical (unpaired) electrons. The van der Waals surface area contributed by atoms with Gasteiger partial charge < -0.3 is 9.84 Å². The molecule has 2 aromatic heterocycles. The minimum absolute atomic E-state index is 0.195. The summed E-state index contributed by atoms with van der Waals surface area (Å²) in [6.07, 6.45) is 1.64. The highest BCUT2D eigenvalue weighted by Gasteiger charge is 2.21. The molecule has 1 N–H and O–H groups in total. The summed E-state index contributed by atoms with van der Waals surface area (Å²) in [6.45, 7) is 4.07. The molecule has 0 aliphatic rings. The van der Waals surface area contributed by atoms with E-state index in [2.05, 4.69) is 5.10 Å². The van der Waals surface area contributed by atoms with Crippen LogP contribution in [0.5, 0.6) is 5.75 Å². The topological polar surface area (TPSA) is 47.3 Å². The first-order valence-electron chi connectivity index (χ1n) is 5.94. The van der Waals surface area contributed by atoms with Crippen LogP contribution < -0.4 is 4.74 Å².